The summed E-state index contributed by atoms with van der Waals surface area (Å²) in [6.45, 7) is 3.72. The second kappa shape index (κ2) is 6.65. The lowest BCUT2D eigenvalue weighted by Gasteiger charge is -2.26. The van der Waals surface area contributed by atoms with E-state index in [1.54, 1.807) is 0 Å². The Morgan fingerprint density at radius 2 is 1.48 bits per heavy atom. The van der Waals surface area contributed by atoms with Gasteiger partial charge in [0.25, 0.3) is 0 Å². The van der Waals surface area contributed by atoms with Gasteiger partial charge in [-0.05, 0) is 35.1 Å². The fourth-order valence-corrected chi connectivity index (χ4v) is 2.57. The van der Waals surface area contributed by atoms with Gasteiger partial charge in [-0.25, -0.2) is 0 Å². The summed E-state index contributed by atoms with van der Waals surface area (Å²) in [4.78, 5) is 0. The summed E-state index contributed by atoms with van der Waals surface area (Å²) >= 11 is 5.92. The minimum absolute atomic E-state index is 0.230. The van der Waals surface area contributed by atoms with Crippen molar-refractivity contribution in [2.45, 2.75) is 13.3 Å². The van der Waals surface area contributed by atoms with Crippen molar-refractivity contribution < 1.29 is 9.31 Å². The molecule has 1 aliphatic heterocycles. The first kappa shape index (κ1) is 14.6. The van der Waals surface area contributed by atoms with Gasteiger partial charge in [-0.2, -0.15) is 0 Å². The summed E-state index contributed by atoms with van der Waals surface area (Å²) in [5, 5.41) is 0.754. The molecule has 0 N–H and O–H groups in total. The highest BCUT2D eigenvalue weighted by molar-refractivity contribution is 6.61. The van der Waals surface area contributed by atoms with Crippen LogP contribution in [0.2, 0.25) is 5.02 Å². The van der Waals surface area contributed by atoms with Crippen molar-refractivity contribution in [2.75, 3.05) is 13.2 Å². The van der Waals surface area contributed by atoms with Crippen LogP contribution < -0.4 is 5.46 Å². The molecule has 0 atom stereocenters. The summed E-state index contributed by atoms with van der Waals surface area (Å²) in [6.07, 6.45) is 1.10. The van der Waals surface area contributed by atoms with Crippen molar-refractivity contribution in [3.8, 4) is 11.1 Å². The van der Waals surface area contributed by atoms with Crippen LogP contribution in [0.25, 0.3) is 11.1 Å². The summed E-state index contributed by atoms with van der Waals surface area (Å²) in [7, 11) is -0.230. The fraction of sp³-hybridized carbons (Fsp3) is 0.294. The zero-order chi connectivity index (χ0) is 14.7. The molecule has 0 amide bonds. The Morgan fingerprint density at radius 3 is 2.00 bits per heavy atom. The topological polar surface area (TPSA) is 18.5 Å². The number of rotatable bonds is 3. The average molecular weight is 301 g/mol. The number of benzene rings is 2. The van der Waals surface area contributed by atoms with Crippen LogP contribution in [0.5, 0.6) is 0 Å². The molecule has 0 aromatic heterocycles. The van der Waals surface area contributed by atoms with E-state index >= 15 is 0 Å². The van der Waals surface area contributed by atoms with Gasteiger partial charge in [-0.1, -0.05) is 54.9 Å². The van der Waals surface area contributed by atoms with Crippen molar-refractivity contribution >= 4 is 24.2 Å². The molecule has 2 aromatic carbocycles. The van der Waals surface area contributed by atoms with Crippen LogP contribution in [0.3, 0.4) is 0 Å². The first-order chi connectivity index (χ1) is 10.3. The molecule has 2 aromatic rings. The Labute approximate surface area is 131 Å². The molecule has 1 fully saturated rings. The molecule has 1 heterocycles. The van der Waals surface area contributed by atoms with Gasteiger partial charge in [0.2, 0.25) is 0 Å². The quantitative estimate of drug-likeness (QED) is 0.803. The van der Waals surface area contributed by atoms with E-state index in [0.29, 0.717) is 5.92 Å². The van der Waals surface area contributed by atoms with Gasteiger partial charge in [-0.3, -0.25) is 0 Å². The van der Waals surface area contributed by atoms with Gasteiger partial charge in [0.05, 0.1) is 0 Å². The van der Waals surface area contributed by atoms with E-state index in [1.165, 1.54) is 0 Å². The second-order valence-electron chi connectivity index (χ2n) is 5.40. The summed E-state index contributed by atoms with van der Waals surface area (Å²) in [5.41, 5.74) is 3.39. The number of halogens is 1. The molecular weight excluding hydrogens is 282 g/mol. The zero-order valence-electron chi connectivity index (χ0n) is 12.1. The molecule has 0 bridgehead atoms. The van der Waals surface area contributed by atoms with Crippen molar-refractivity contribution in [1.29, 1.82) is 0 Å². The third-order valence-electron chi connectivity index (χ3n) is 3.90. The van der Waals surface area contributed by atoms with Crippen LogP contribution in [0.4, 0.5) is 0 Å². The van der Waals surface area contributed by atoms with E-state index in [1.807, 2.05) is 24.3 Å². The maximum atomic E-state index is 5.92. The molecule has 4 heteroatoms. The molecule has 108 valence electrons. The van der Waals surface area contributed by atoms with Gasteiger partial charge in [0, 0.05) is 24.2 Å². The Morgan fingerprint density at radius 1 is 0.952 bits per heavy atom. The van der Waals surface area contributed by atoms with Gasteiger partial charge < -0.3 is 9.31 Å². The highest BCUT2D eigenvalue weighted by Gasteiger charge is 2.28. The first-order valence-electron chi connectivity index (χ1n) is 7.35. The largest absolute Gasteiger partial charge is 0.493 e. The molecule has 1 saturated heterocycles. The lowest BCUT2D eigenvalue weighted by molar-refractivity contribution is 0.0850. The highest BCUT2D eigenvalue weighted by Crippen LogP contribution is 2.21. The third-order valence-corrected chi connectivity index (χ3v) is 4.16. The minimum atomic E-state index is -0.230. The van der Waals surface area contributed by atoms with Crippen LogP contribution in [0, 0.1) is 5.92 Å². The Kier molecular flexibility index (Phi) is 4.64. The van der Waals surface area contributed by atoms with Gasteiger partial charge in [0.1, 0.15) is 0 Å². The van der Waals surface area contributed by atoms with Crippen LogP contribution in [-0.4, -0.2) is 20.3 Å². The van der Waals surface area contributed by atoms with Crippen LogP contribution >= 0.6 is 11.6 Å². The van der Waals surface area contributed by atoms with Crippen molar-refractivity contribution in [3.05, 3.63) is 53.6 Å². The lowest BCUT2D eigenvalue weighted by Crippen LogP contribution is -2.44. The molecule has 1 aliphatic rings. The maximum Gasteiger partial charge on any atom is 0.493 e. The molecule has 3 rings (SSSR count). The molecule has 2 nitrogen and oxygen atoms in total. The second-order valence-corrected chi connectivity index (χ2v) is 5.84. The molecule has 21 heavy (non-hydrogen) atoms. The fourth-order valence-electron chi connectivity index (χ4n) is 2.45. The standard InChI is InChI=1S/C17H18BClO2/c1-2-13-11-20-18(21-12-13)16-7-3-14(4-8-16)15-5-9-17(19)10-6-15/h3-10,13H,2,11-12H2,1H3. The molecular formula is C17H18BClO2. The molecule has 0 saturated carbocycles. The van der Waals surface area contributed by atoms with E-state index in [4.69, 9.17) is 20.9 Å². The SMILES string of the molecule is CCC1COB(c2ccc(-c3ccc(Cl)cc3)cc2)OC1. The van der Waals surface area contributed by atoms with Crippen molar-refractivity contribution in [2.24, 2.45) is 5.92 Å². The normalized spacial score (nSPS) is 16.2. The van der Waals surface area contributed by atoms with Crippen molar-refractivity contribution in [1.82, 2.24) is 0 Å². The van der Waals surface area contributed by atoms with Crippen LogP contribution in [0.1, 0.15) is 13.3 Å². The van der Waals surface area contributed by atoms with Gasteiger partial charge in [0.15, 0.2) is 0 Å². The highest BCUT2D eigenvalue weighted by atomic mass is 35.5. The smallest absolute Gasteiger partial charge is 0.407 e. The summed E-state index contributed by atoms with van der Waals surface area (Å²) in [5.74, 6) is 0.523. The summed E-state index contributed by atoms with van der Waals surface area (Å²) < 4.78 is 11.6. The van der Waals surface area contributed by atoms with E-state index in [2.05, 4.69) is 31.2 Å². The Hall–Kier alpha value is -1.29. The predicted octanol–water partition coefficient (Wildman–Crippen LogP) is 3.78. The van der Waals surface area contributed by atoms with Crippen LogP contribution in [-0.2, 0) is 9.31 Å². The molecule has 0 aliphatic carbocycles. The number of hydrogen-bond acceptors (Lipinski definition) is 2. The minimum Gasteiger partial charge on any atom is -0.407 e. The van der Waals surface area contributed by atoms with Crippen molar-refractivity contribution in [3.63, 3.8) is 0 Å². The number of hydrogen-bond donors (Lipinski definition) is 0. The average Bonchev–Trinajstić information content (AvgIpc) is 2.56. The Bertz CT molecular complexity index is 575. The zero-order valence-corrected chi connectivity index (χ0v) is 12.8. The monoisotopic (exact) mass is 300 g/mol. The van der Waals surface area contributed by atoms with E-state index in [0.717, 1.165) is 41.2 Å². The Balaban J connectivity index is 1.71. The first-order valence-corrected chi connectivity index (χ1v) is 7.73. The molecule has 0 spiro atoms. The third kappa shape index (κ3) is 3.49. The molecule has 0 radical (unpaired) electrons. The summed E-state index contributed by atoms with van der Waals surface area (Å²) in [6, 6.07) is 16.2. The maximum absolute atomic E-state index is 5.92. The van der Waals surface area contributed by atoms with Gasteiger partial charge >= 0.3 is 7.12 Å². The predicted molar refractivity (Wildman–Crippen MR) is 88.0 cm³/mol. The van der Waals surface area contributed by atoms with Gasteiger partial charge in [-0.15, -0.1) is 0 Å². The van der Waals surface area contributed by atoms with E-state index in [-0.39, 0.29) is 7.12 Å². The van der Waals surface area contributed by atoms with Crippen LogP contribution in [0.15, 0.2) is 48.5 Å². The lowest BCUT2D eigenvalue weighted by atomic mass is 9.77. The van der Waals surface area contributed by atoms with E-state index in [9.17, 15) is 0 Å². The van der Waals surface area contributed by atoms with E-state index < -0.39 is 0 Å². The molecule has 0 unspecified atom stereocenters.